The molecular weight excluding hydrogens is 194 g/mol. The van der Waals surface area contributed by atoms with Gasteiger partial charge in [-0.2, -0.15) is 0 Å². The molecule has 0 spiro atoms. The third kappa shape index (κ3) is 2.30. The van der Waals surface area contributed by atoms with Crippen LogP contribution < -0.4 is 5.32 Å². The Labute approximate surface area is 99.3 Å². The van der Waals surface area contributed by atoms with Crippen molar-refractivity contribution in [1.29, 1.82) is 0 Å². The summed E-state index contributed by atoms with van der Waals surface area (Å²) < 4.78 is 0. The molecule has 1 aliphatic heterocycles. The summed E-state index contributed by atoms with van der Waals surface area (Å²) in [6, 6.07) is 9.04. The molecule has 0 atom stereocenters. The molecule has 0 aromatic heterocycles. The lowest BCUT2D eigenvalue weighted by Crippen LogP contribution is -2.56. The molecule has 0 bridgehead atoms. The molecule has 16 heavy (non-hydrogen) atoms. The highest BCUT2D eigenvalue weighted by atomic mass is 15.0. The van der Waals surface area contributed by atoms with E-state index in [2.05, 4.69) is 50.4 Å². The molecule has 2 rings (SSSR count). The van der Waals surface area contributed by atoms with Crippen LogP contribution >= 0.6 is 0 Å². The predicted molar refractivity (Wildman–Crippen MR) is 69.8 cm³/mol. The second-order valence-electron chi connectivity index (χ2n) is 5.69. The van der Waals surface area contributed by atoms with Crippen LogP contribution in [0.5, 0.6) is 0 Å². The van der Waals surface area contributed by atoms with Crippen LogP contribution in [0.15, 0.2) is 24.3 Å². The van der Waals surface area contributed by atoms with Gasteiger partial charge in [-0.3, -0.25) is 0 Å². The van der Waals surface area contributed by atoms with Crippen LogP contribution in [0.4, 0.5) is 0 Å². The molecule has 1 N–H and O–H groups in total. The van der Waals surface area contributed by atoms with Gasteiger partial charge < -0.3 is 5.32 Å². The van der Waals surface area contributed by atoms with E-state index in [0.29, 0.717) is 5.41 Å². The van der Waals surface area contributed by atoms with E-state index in [9.17, 15) is 0 Å². The van der Waals surface area contributed by atoms with Crippen LogP contribution in [0.3, 0.4) is 0 Å². The Balaban J connectivity index is 2.14. The molecule has 1 heteroatoms. The highest BCUT2D eigenvalue weighted by molar-refractivity contribution is 5.33. The Hall–Kier alpha value is -0.820. The van der Waals surface area contributed by atoms with E-state index in [1.54, 1.807) is 0 Å². The fourth-order valence-corrected chi connectivity index (χ4v) is 2.49. The molecule has 0 saturated carbocycles. The Morgan fingerprint density at radius 3 is 2.56 bits per heavy atom. The van der Waals surface area contributed by atoms with Crippen molar-refractivity contribution in [1.82, 2.24) is 5.32 Å². The molecule has 1 aliphatic rings. The lowest BCUT2D eigenvalue weighted by Gasteiger charge is -2.44. The lowest BCUT2D eigenvalue weighted by atomic mass is 9.71. The van der Waals surface area contributed by atoms with Gasteiger partial charge in [-0.15, -0.1) is 0 Å². The number of aryl methyl sites for hydroxylation is 1. The SMILES string of the molecule is Cc1cccc(C2(CCC(C)C)CNC2)c1. The Morgan fingerprint density at radius 1 is 1.31 bits per heavy atom. The zero-order valence-corrected chi connectivity index (χ0v) is 10.7. The van der Waals surface area contributed by atoms with E-state index in [4.69, 9.17) is 0 Å². The summed E-state index contributed by atoms with van der Waals surface area (Å²) in [5, 5.41) is 3.44. The van der Waals surface area contributed by atoms with Crippen LogP contribution in [-0.2, 0) is 5.41 Å². The smallest absolute Gasteiger partial charge is 0.0202 e. The van der Waals surface area contributed by atoms with Crippen molar-refractivity contribution in [2.24, 2.45) is 5.92 Å². The zero-order valence-electron chi connectivity index (χ0n) is 10.7. The van der Waals surface area contributed by atoms with Crippen LogP contribution in [0.1, 0.15) is 37.8 Å². The van der Waals surface area contributed by atoms with Gasteiger partial charge >= 0.3 is 0 Å². The largest absolute Gasteiger partial charge is 0.315 e. The molecule has 1 aromatic rings. The number of rotatable bonds is 4. The molecule has 0 amide bonds. The molecule has 0 unspecified atom stereocenters. The third-order valence-corrected chi connectivity index (χ3v) is 3.76. The maximum Gasteiger partial charge on any atom is 0.0202 e. The van der Waals surface area contributed by atoms with Gasteiger partial charge in [0.25, 0.3) is 0 Å². The second-order valence-corrected chi connectivity index (χ2v) is 5.69. The van der Waals surface area contributed by atoms with Gasteiger partial charge in [0.05, 0.1) is 0 Å². The minimum Gasteiger partial charge on any atom is -0.315 e. The minimum absolute atomic E-state index is 0.427. The average molecular weight is 217 g/mol. The molecule has 88 valence electrons. The minimum atomic E-state index is 0.427. The number of hydrogen-bond acceptors (Lipinski definition) is 1. The summed E-state index contributed by atoms with van der Waals surface area (Å²) in [6.45, 7) is 9.13. The van der Waals surface area contributed by atoms with Gasteiger partial charge in [0.1, 0.15) is 0 Å². The topological polar surface area (TPSA) is 12.0 Å². The van der Waals surface area contributed by atoms with E-state index in [1.807, 2.05) is 0 Å². The van der Waals surface area contributed by atoms with E-state index in [1.165, 1.54) is 24.0 Å². The van der Waals surface area contributed by atoms with Crippen molar-refractivity contribution in [3.8, 4) is 0 Å². The first-order valence-corrected chi connectivity index (χ1v) is 6.40. The molecule has 1 fully saturated rings. The van der Waals surface area contributed by atoms with E-state index in [0.717, 1.165) is 19.0 Å². The van der Waals surface area contributed by atoms with Gasteiger partial charge in [-0.05, 0) is 24.8 Å². The molecule has 1 saturated heterocycles. The van der Waals surface area contributed by atoms with E-state index in [-0.39, 0.29) is 0 Å². The average Bonchev–Trinajstić information content (AvgIpc) is 2.15. The van der Waals surface area contributed by atoms with Crippen LogP contribution in [-0.4, -0.2) is 13.1 Å². The Morgan fingerprint density at radius 2 is 2.06 bits per heavy atom. The predicted octanol–water partition coefficient (Wildman–Crippen LogP) is 3.27. The number of benzene rings is 1. The van der Waals surface area contributed by atoms with Gasteiger partial charge in [-0.1, -0.05) is 50.1 Å². The quantitative estimate of drug-likeness (QED) is 0.816. The summed E-state index contributed by atoms with van der Waals surface area (Å²) in [5.41, 5.74) is 3.34. The molecule has 0 aliphatic carbocycles. The standard InChI is InChI=1S/C15H23N/c1-12(2)7-8-15(10-16-11-15)14-6-4-5-13(3)9-14/h4-6,9,12,16H,7-8,10-11H2,1-3H3. The third-order valence-electron chi connectivity index (χ3n) is 3.76. The number of nitrogens with one attached hydrogen (secondary N) is 1. The normalized spacial score (nSPS) is 18.5. The van der Waals surface area contributed by atoms with Crippen molar-refractivity contribution in [2.45, 2.75) is 39.0 Å². The van der Waals surface area contributed by atoms with Gasteiger partial charge in [0.2, 0.25) is 0 Å². The molecule has 1 heterocycles. The zero-order chi connectivity index (χ0) is 11.6. The van der Waals surface area contributed by atoms with E-state index < -0.39 is 0 Å². The second kappa shape index (κ2) is 4.58. The first kappa shape index (κ1) is 11.7. The van der Waals surface area contributed by atoms with Crippen molar-refractivity contribution >= 4 is 0 Å². The van der Waals surface area contributed by atoms with E-state index >= 15 is 0 Å². The first-order chi connectivity index (χ1) is 7.62. The molecule has 1 aromatic carbocycles. The molecule has 1 nitrogen and oxygen atoms in total. The van der Waals surface area contributed by atoms with Crippen LogP contribution in [0.25, 0.3) is 0 Å². The van der Waals surface area contributed by atoms with Crippen molar-refractivity contribution in [3.63, 3.8) is 0 Å². The molecule has 0 radical (unpaired) electrons. The van der Waals surface area contributed by atoms with Crippen molar-refractivity contribution in [2.75, 3.05) is 13.1 Å². The maximum absolute atomic E-state index is 3.44. The van der Waals surface area contributed by atoms with Crippen molar-refractivity contribution in [3.05, 3.63) is 35.4 Å². The summed E-state index contributed by atoms with van der Waals surface area (Å²) in [5.74, 6) is 0.808. The fourth-order valence-electron chi connectivity index (χ4n) is 2.49. The summed E-state index contributed by atoms with van der Waals surface area (Å²) >= 11 is 0. The van der Waals surface area contributed by atoms with Gasteiger partial charge in [0, 0.05) is 18.5 Å². The Kier molecular flexibility index (Phi) is 3.34. The lowest BCUT2D eigenvalue weighted by molar-refractivity contribution is 0.241. The summed E-state index contributed by atoms with van der Waals surface area (Å²) in [4.78, 5) is 0. The maximum atomic E-state index is 3.44. The van der Waals surface area contributed by atoms with Gasteiger partial charge in [0.15, 0.2) is 0 Å². The van der Waals surface area contributed by atoms with Crippen LogP contribution in [0, 0.1) is 12.8 Å². The molecular formula is C15H23N. The fraction of sp³-hybridized carbons (Fsp3) is 0.600. The summed E-state index contributed by atoms with van der Waals surface area (Å²) in [6.07, 6.45) is 2.65. The highest BCUT2D eigenvalue weighted by Crippen LogP contribution is 2.34. The Bertz CT molecular complexity index is 350. The summed E-state index contributed by atoms with van der Waals surface area (Å²) in [7, 11) is 0. The highest BCUT2D eigenvalue weighted by Gasteiger charge is 2.38. The van der Waals surface area contributed by atoms with Crippen LogP contribution in [0.2, 0.25) is 0 Å². The van der Waals surface area contributed by atoms with Gasteiger partial charge in [-0.25, -0.2) is 0 Å². The number of hydrogen-bond donors (Lipinski definition) is 1. The monoisotopic (exact) mass is 217 g/mol. The van der Waals surface area contributed by atoms with Crippen molar-refractivity contribution < 1.29 is 0 Å². The first-order valence-electron chi connectivity index (χ1n) is 6.40.